The highest BCUT2D eigenvalue weighted by Crippen LogP contribution is 2.39. The summed E-state index contributed by atoms with van der Waals surface area (Å²) in [5.74, 6) is 0.0822. The Hall–Kier alpha value is -1.96. The van der Waals surface area contributed by atoms with E-state index in [4.69, 9.17) is 0 Å². The van der Waals surface area contributed by atoms with Crippen molar-refractivity contribution in [3.8, 4) is 11.3 Å². The van der Waals surface area contributed by atoms with E-state index in [1.165, 1.54) is 11.3 Å². The summed E-state index contributed by atoms with van der Waals surface area (Å²) in [6.45, 7) is 10.1. The lowest BCUT2D eigenvalue weighted by molar-refractivity contribution is 0.575. The van der Waals surface area contributed by atoms with Crippen LogP contribution < -0.4 is 4.72 Å². The van der Waals surface area contributed by atoms with Gasteiger partial charge in [-0.1, -0.05) is 37.3 Å². The van der Waals surface area contributed by atoms with Crippen molar-refractivity contribution in [2.75, 3.05) is 6.54 Å². The minimum Gasteiger partial charge on any atom is -0.282 e. The third-order valence-corrected chi connectivity index (χ3v) is 7.66. The van der Waals surface area contributed by atoms with Gasteiger partial charge in [0.15, 0.2) is 0 Å². The van der Waals surface area contributed by atoms with Crippen LogP contribution in [0.15, 0.2) is 35.2 Å². The molecule has 2 N–H and O–H groups in total. The van der Waals surface area contributed by atoms with Crippen LogP contribution in [0.5, 0.6) is 0 Å². The molecule has 2 aromatic heterocycles. The van der Waals surface area contributed by atoms with Crippen LogP contribution in [0.1, 0.15) is 39.4 Å². The lowest BCUT2D eigenvalue weighted by Crippen LogP contribution is -2.28. The first-order valence-electron chi connectivity index (χ1n) is 8.89. The summed E-state index contributed by atoms with van der Waals surface area (Å²) in [4.78, 5) is 2.08. The predicted molar refractivity (Wildman–Crippen MR) is 111 cm³/mol. The Labute approximate surface area is 164 Å². The van der Waals surface area contributed by atoms with Crippen LogP contribution in [0.2, 0.25) is 0 Å². The zero-order valence-electron chi connectivity index (χ0n) is 16.3. The molecule has 0 radical (unpaired) electrons. The molecule has 3 rings (SSSR count). The molecule has 5 nitrogen and oxygen atoms in total. The molecule has 0 fully saturated rings. The molecule has 0 spiro atoms. The minimum atomic E-state index is -3.65. The number of nitrogens with one attached hydrogen (secondary N) is 2. The van der Waals surface area contributed by atoms with Gasteiger partial charge in [0.25, 0.3) is 0 Å². The highest BCUT2D eigenvalue weighted by Gasteiger charge is 2.28. The van der Waals surface area contributed by atoms with Crippen LogP contribution >= 0.6 is 11.3 Å². The zero-order valence-corrected chi connectivity index (χ0v) is 17.9. The van der Waals surface area contributed by atoms with Crippen molar-refractivity contribution >= 4 is 21.4 Å². The number of hydrogen-bond donors (Lipinski definition) is 2. The average molecular weight is 404 g/mol. The number of H-pyrrole nitrogens is 1. The van der Waals surface area contributed by atoms with Crippen molar-refractivity contribution in [1.29, 1.82) is 0 Å². The Morgan fingerprint density at radius 2 is 1.78 bits per heavy atom. The van der Waals surface area contributed by atoms with Crippen molar-refractivity contribution in [2.45, 2.75) is 45.4 Å². The quantitative estimate of drug-likeness (QED) is 0.638. The van der Waals surface area contributed by atoms with Gasteiger partial charge in [-0.05, 0) is 44.7 Å². The molecular formula is C20H25N3O2S2. The Bertz CT molecular complexity index is 1050. The third kappa shape index (κ3) is 3.85. The maximum Gasteiger partial charge on any atom is 0.242 e. The Morgan fingerprint density at radius 3 is 2.37 bits per heavy atom. The van der Waals surface area contributed by atoms with E-state index in [0.717, 1.165) is 26.6 Å². The van der Waals surface area contributed by atoms with Gasteiger partial charge in [-0.3, -0.25) is 5.10 Å². The molecule has 0 aliphatic carbocycles. The third-order valence-electron chi connectivity index (χ3n) is 4.91. The van der Waals surface area contributed by atoms with Crippen LogP contribution in [0.3, 0.4) is 0 Å². The van der Waals surface area contributed by atoms with Crippen molar-refractivity contribution in [3.05, 3.63) is 56.9 Å². The number of benzene rings is 1. The first-order valence-corrected chi connectivity index (χ1v) is 11.2. The number of aromatic amines is 1. The van der Waals surface area contributed by atoms with E-state index >= 15 is 0 Å². The van der Waals surface area contributed by atoms with Gasteiger partial charge in [-0.2, -0.15) is 5.10 Å². The van der Waals surface area contributed by atoms with Crippen LogP contribution in [0, 0.1) is 27.7 Å². The van der Waals surface area contributed by atoms with E-state index in [-0.39, 0.29) is 5.92 Å². The maximum absolute atomic E-state index is 13.2. The highest BCUT2D eigenvalue weighted by molar-refractivity contribution is 7.89. The molecule has 0 bridgehead atoms. The van der Waals surface area contributed by atoms with Gasteiger partial charge in [-0.15, -0.1) is 11.3 Å². The molecule has 2 heterocycles. The van der Waals surface area contributed by atoms with E-state index in [9.17, 15) is 8.42 Å². The van der Waals surface area contributed by atoms with Gasteiger partial charge in [0.1, 0.15) is 4.90 Å². The molecule has 0 aliphatic heterocycles. The second-order valence-electron chi connectivity index (χ2n) is 6.90. The zero-order chi connectivity index (χ0) is 19.8. The maximum atomic E-state index is 13.2. The molecule has 0 saturated heterocycles. The molecule has 0 amide bonds. The average Bonchev–Trinajstić information content (AvgIpc) is 3.12. The lowest BCUT2D eigenvalue weighted by Gasteiger charge is -2.14. The first kappa shape index (κ1) is 19.8. The summed E-state index contributed by atoms with van der Waals surface area (Å²) in [5, 5.41) is 7.33. The first-order chi connectivity index (χ1) is 12.7. The summed E-state index contributed by atoms with van der Waals surface area (Å²) in [5.41, 5.74) is 4.45. The fourth-order valence-electron chi connectivity index (χ4n) is 3.20. The smallest absolute Gasteiger partial charge is 0.242 e. The van der Waals surface area contributed by atoms with Gasteiger partial charge in [0.05, 0.1) is 5.69 Å². The molecule has 3 aromatic rings. The lowest BCUT2D eigenvalue weighted by atomic mass is 10.0. The topological polar surface area (TPSA) is 74.8 Å². The van der Waals surface area contributed by atoms with Gasteiger partial charge in [0, 0.05) is 27.6 Å². The summed E-state index contributed by atoms with van der Waals surface area (Å²) < 4.78 is 29.1. The fraction of sp³-hybridized carbons (Fsp3) is 0.350. The van der Waals surface area contributed by atoms with Crippen LogP contribution in [-0.4, -0.2) is 25.2 Å². The molecule has 1 aromatic carbocycles. The Kier molecular flexibility index (Phi) is 5.55. The van der Waals surface area contributed by atoms with E-state index < -0.39 is 10.0 Å². The second-order valence-corrected chi connectivity index (χ2v) is 10.0. The van der Waals surface area contributed by atoms with Crippen molar-refractivity contribution in [1.82, 2.24) is 14.9 Å². The van der Waals surface area contributed by atoms with Crippen LogP contribution in [-0.2, 0) is 10.0 Å². The van der Waals surface area contributed by atoms with Gasteiger partial charge >= 0.3 is 0 Å². The summed E-state index contributed by atoms with van der Waals surface area (Å²) in [7, 11) is -3.65. The number of sulfonamides is 1. The van der Waals surface area contributed by atoms with Crippen molar-refractivity contribution in [2.24, 2.45) is 0 Å². The van der Waals surface area contributed by atoms with Gasteiger partial charge in [-0.25, -0.2) is 13.1 Å². The second kappa shape index (κ2) is 7.58. The van der Waals surface area contributed by atoms with E-state index in [1.54, 1.807) is 0 Å². The number of rotatable bonds is 6. The summed E-state index contributed by atoms with van der Waals surface area (Å²) in [6.07, 6.45) is 0. The number of nitrogens with zero attached hydrogens (tertiary/aromatic N) is 1. The normalized spacial score (nSPS) is 13.1. The number of thiophene rings is 1. The largest absolute Gasteiger partial charge is 0.282 e. The van der Waals surface area contributed by atoms with Gasteiger partial charge < -0.3 is 0 Å². The fourth-order valence-corrected chi connectivity index (χ4v) is 6.18. The Balaban J connectivity index is 1.94. The number of hydrogen-bond acceptors (Lipinski definition) is 4. The predicted octanol–water partition coefficient (Wildman–Crippen LogP) is 4.45. The number of aryl methyl sites for hydroxylation is 3. The van der Waals surface area contributed by atoms with E-state index in [1.807, 2.05) is 65.0 Å². The molecular weight excluding hydrogens is 378 g/mol. The molecule has 0 aliphatic rings. The van der Waals surface area contributed by atoms with Gasteiger partial charge in [0.2, 0.25) is 10.0 Å². The SMILES string of the molecule is Cc1[nH]nc(-c2c(C)sc(C)c2S(=O)(=O)NC[C@H](C)c2ccccc2)c1C. The van der Waals surface area contributed by atoms with Crippen molar-refractivity contribution in [3.63, 3.8) is 0 Å². The van der Waals surface area contributed by atoms with E-state index in [2.05, 4.69) is 14.9 Å². The molecule has 27 heavy (non-hydrogen) atoms. The van der Waals surface area contributed by atoms with Crippen LogP contribution in [0.25, 0.3) is 11.3 Å². The molecule has 0 saturated carbocycles. The van der Waals surface area contributed by atoms with E-state index in [0.29, 0.717) is 22.7 Å². The summed E-state index contributed by atoms with van der Waals surface area (Å²) >= 11 is 1.49. The standard InChI is InChI=1S/C20H25N3O2S2/c1-12(17-9-7-6-8-10-17)11-21-27(24,25)20-16(5)26-15(4)18(20)19-13(2)14(3)22-23-19/h6-10,12,21H,11H2,1-5H3,(H,22,23)/t12-/m0/s1. The minimum absolute atomic E-state index is 0.0822. The highest BCUT2D eigenvalue weighted by atomic mass is 32.2. The van der Waals surface area contributed by atoms with Crippen LogP contribution in [0.4, 0.5) is 0 Å². The number of aromatic nitrogens is 2. The van der Waals surface area contributed by atoms with Crippen molar-refractivity contribution < 1.29 is 8.42 Å². The molecule has 144 valence electrons. The Morgan fingerprint density at radius 1 is 1.11 bits per heavy atom. The molecule has 7 heteroatoms. The molecule has 0 unspecified atom stereocenters. The monoisotopic (exact) mass is 403 g/mol. The summed E-state index contributed by atoms with van der Waals surface area (Å²) in [6, 6.07) is 9.92. The molecule has 1 atom stereocenters.